The summed E-state index contributed by atoms with van der Waals surface area (Å²) in [5, 5.41) is 0. The quantitative estimate of drug-likeness (QED) is 0.632. The van der Waals surface area contributed by atoms with Gasteiger partial charge in [0.1, 0.15) is 0 Å². The van der Waals surface area contributed by atoms with Gasteiger partial charge < -0.3 is 4.74 Å². The lowest BCUT2D eigenvalue weighted by Gasteiger charge is -2.16. The molecule has 1 aromatic rings. The standard InChI is InChI=1S/C11H17ClN2OS/c12-11-6-5-10(16-11)9(14-13)4-3-8-2-1-7-15-8/h5-6,8-9,14H,1-4,7,13H2. The molecule has 0 spiro atoms. The highest BCUT2D eigenvalue weighted by Gasteiger charge is 2.19. The van der Waals surface area contributed by atoms with Crippen molar-refractivity contribution in [3.63, 3.8) is 0 Å². The number of thiophene rings is 1. The summed E-state index contributed by atoms with van der Waals surface area (Å²) >= 11 is 7.50. The first-order valence-electron chi connectivity index (χ1n) is 5.62. The van der Waals surface area contributed by atoms with Gasteiger partial charge in [0.25, 0.3) is 0 Å². The third kappa shape index (κ3) is 3.18. The van der Waals surface area contributed by atoms with Gasteiger partial charge in [-0.3, -0.25) is 11.3 Å². The van der Waals surface area contributed by atoms with E-state index in [1.54, 1.807) is 11.3 Å². The van der Waals surface area contributed by atoms with E-state index < -0.39 is 0 Å². The molecule has 1 aromatic heterocycles. The zero-order valence-electron chi connectivity index (χ0n) is 9.12. The van der Waals surface area contributed by atoms with Crippen LogP contribution in [0, 0.1) is 0 Å². The van der Waals surface area contributed by atoms with Crippen molar-refractivity contribution in [2.45, 2.75) is 37.8 Å². The molecule has 2 heterocycles. The number of halogens is 1. The lowest BCUT2D eigenvalue weighted by Crippen LogP contribution is -2.28. The van der Waals surface area contributed by atoms with Crippen LogP contribution in [0.15, 0.2) is 12.1 Å². The van der Waals surface area contributed by atoms with Crippen molar-refractivity contribution in [2.75, 3.05) is 6.61 Å². The van der Waals surface area contributed by atoms with Gasteiger partial charge in [0.15, 0.2) is 0 Å². The molecule has 2 rings (SSSR count). The fourth-order valence-corrected chi connectivity index (χ4v) is 3.20. The van der Waals surface area contributed by atoms with Crippen LogP contribution < -0.4 is 11.3 Å². The van der Waals surface area contributed by atoms with Gasteiger partial charge >= 0.3 is 0 Å². The molecule has 5 heteroatoms. The molecule has 0 bridgehead atoms. The molecule has 1 saturated heterocycles. The minimum Gasteiger partial charge on any atom is -0.378 e. The minimum atomic E-state index is 0.196. The molecule has 3 nitrogen and oxygen atoms in total. The van der Waals surface area contributed by atoms with Crippen LogP contribution in [-0.4, -0.2) is 12.7 Å². The normalized spacial score (nSPS) is 22.5. The van der Waals surface area contributed by atoms with Crippen LogP contribution in [0.5, 0.6) is 0 Å². The molecular weight excluding hydrogens is 244 g/mol. The molecule has 2 unspecified atom stereocenters. The van der Waals surface area contributed by atoms with Crippen LogP contribution >= 0.6 is 22.9 Å². The average Bonchev–Trinajstić information content (AvgIpc) is 2.91. The lowest BCUT2D eigenvalue weighted by atomic mass is 10.1. The number of rotatable bonds is 5. The van der Waals surface area contributed by atoms with E-state index in [1.165, 1.54) is 17.7 Å². The number of nitrogens with two attached hydrogens (primary N) is 1. The highest BCUT2D eigenvalue weighted by atomic mass is 35.5. The average molecular weight is 261 g/mol. The van der Waals surface area contributed by atoms with Gasteiger partial charge in [0, 0.05) is 11.5 Å². The first-order valence-corrected chi connectivity index (χ1v) is 6.82. The van der Waals surface area contributed by atoms with Gasteiger partial charge in [-0.05, 0) is 37.8 Å². The van der Waals surface area contributed by atoms with Crippen molar-refractivity contribution in [3.8, 4) is 0 Å². The van der Waals surface area contributed by atoms with E-state index in [1.807, 2.05) is 12.1 Å². The van der Waals surface area contributed by atoms with Gasteiger partial charge in [-0.1, -0.05) is 11.6 Å². The van der Waals surface area contributed by atoms with Crippen molar-refractivity contribution < 1.29 is 4.74 Å². The van der Waals surface area contributed by atoms with E-state index in [-0.39, 0.29) is 6.04 Å². The number of ether oxygens (including phenoxy) is 1. The molecule has 0 aromatic carbocycles. The minimum absolute atomic E-state index is 0.196. The van der Waals surface area contributed by atoms with Crippen molar-refractivity contribution in [3.05, 3.63) is 21.3 Å². The van der Waals surface area contributed by atoms with Gasteiger partial charge in [-0.25, -0.2) is 0 Å². The number of hydrazine groups is 1. The van der Waals surface area contributed by atoms with Crippen molar-refractivity contribution >= 4 is 22.9 Å². The largest absolute Gasteiger partial charge is 0.378 e. The third-order valence-corrected chi connectivity index (χ3v) is 4.28. The van der Waals surface area contributed by atoms with Crippen LogP contribution in [0.3, 0.4) is 0 Å². The first-order chi connectivity index (χ1) is 7.79. The Morgan fingerprint density at radius 1 is 1.62 bits per heavy atom. The molecule has 2 atom stereocenters. The Morgan fingerprint density at radius 3 is 3.06 bits per heavy atom. The van der Waals surface area contributed by atoms with E-state index in [4.69, 9.17) is 22.2 Å². The summed E-state index contributed by atoms with van der Waals surface area (Å²) in [5.74, 6) is 5.57. The van der Waals surface area contributed by atoms with E-state index >= 15 is 0 Å². The molecule has 16 heavy (non-hydrogen) atoms. The van der Waals surface area contributed by atoms with E-state index in [0.717, 1.165) is 23.8 Å². The second-order valence-electron chi connectivity index (χ2n) is 4.07. The highest BCUT2D eigenvalue weighted by molar-refractivity contribution is 7.16. The molecule has 1 aliphatic heterocycles. The SMILES string of the molecule is NNC(CCC1CCCO1)c1ccc(Cl)s1. The Hall–Kier alpha value is -0.130. The molecule has 0 saturated carbocycles. The van der Waals surface area contributed by atoms with Crippen molar-refractivity contribution in [1.29, 1.82) is 0 Å². The molecular formula is C11H17ClN2OS. The summed E-state index contributed by atoms with van der Waals surface area (Å²) in [6.45, 7) is 0.913. The van der Waals surface area contributed by atoms with E-state index in [2.05, 4.69) is 5.43 Å². The fraction of sp³-hybridized carbons (Fsp3) is 0.636. The van der Waals surface area contributed by atoms with Crippen LogP contribution in [0.1, 0.15) is 36.6 Å². The van der Waals surface area contributed by atoms with Gasteiger partial charge in [0.05, 0.1) is 16.5 Å². The van der Waals surface area contributed by atoms with Crippen LogP contribution in [-0.2, 0) is 4.74 Å². The zero-order valence-corrected chi connectivity index (χ0v) is 10.7. The van der Waals surface area contributed by atoms with Gasteiger partial charge in [0.2, 0.25) is 0 Å². The Kier molecular flexibility index (Phi) is 4.61. The first kappa shape index (κ1) is 12.3. The topological polar surface area (TPSA) is 47.3 Å². The predicted molar refractivity (Wildman–Crippen MR) is 67.6 cm³/mol. The molecule has 3 N–H and O–H groups in total. The summed E-state index contributed by atoms with van der Waals surface area (Å²) in [7, 11) is 0. The second kappa shape index (κ2) is 5.98. The Labute approximate surface area is 105 Å². The molecule has 0 aliphatic carbocycles. The maximum atomic E-state index is 5.91. The maximum Gasteiger partial charge on any atom is 0.0931 e. The Balaban J connectivity index is 1.85. The Bertz CT molecular complexity index is 326. The van der Waals surface area contributed by atoms with Crippen molar-refractivity contribution in [2.24, 2.45) is 5.84 Å². The smallest absolute Gasteiger partial charge is 0.0931 e. The number of hydrogen-bond acceptors (Lipinski definition) is 4. The monoisotopic (exact) mass is 260 g/mol. The van der Waals surface area contributed by atoms with Crippen LogP contribution in [0.4, 0.5) is 0 Å². The third-order valence-electron chi connectivity index (χ3n) is 2.94. The fourth-order valence-electron chi connectivity index (χ4n) is 2.05. The summed E-state index contributed by atoms with van der Waals surface area (Å²) < 4.78 is 6.41. The van der Waals surface area contributed by atoms with E-state index in [0.29, 0.717) is 6.10 Å². The number of hydrogen-bond donors (Lipinski definition) is 2. The highest BCUT2D eigenvalue weighted by Crippen LogP contribution is 2.30. The Morgan fingerprint density at radius 2 is 2.50 bits per heavy atom. The summed E-state index contributed by atoms with van der Waals surface area (Å²) in [6.07, 6.45) is 4.85. The predicted octanol–water partition coefficient (Wildman–Crippen LogP) is 2.87. The maximum absolute atomic E-state index is 5.91. The summed E-state index contributed by atoms with van der Waals surface area (Å²) in [4.78, 5) is 1.20. The summed E-state index contributed by atoms with van der Waals surface area (Å²) in [5.41, 5.74) is 2.85. The van der Waals surface area contributed by atoms with Crippen LogP contribution in [0.2, 0.25) is 4.34 Å². The van der Waals surface area contributed by atoms with E-state index in [9.17, 15) is 0 Å². The van der Waals surface area contributed by atoms with Crippen molar-refractivity contribution in [1.82, 2.24) is 5.43 Å². The van der Waals surface area contributed by atoms with Gasteiger partial charge in [-0.2, -0.15) is 0 Å². The molecule has 0 amide bonds. The summed E-state index contributed by atoms with van der Waals surface area (Å²) in [6, 6.07) is 4.15. The molecule has 1 aliphatic rings. The molecule has 0 radical (unpaired) electrons. The lowest BCUT2D eigenvalue weighted by molar-refractivity contribution is 0.0997. The van der Waals surface area contributed by atoms with Gasteiger partial charge in [-0.15, -0.1) is 11.3 Å². The molecule has 1 fully saturated rings. The number of nitrogens with one attached hydrogen (secondary N) is 1. The second-order valence-corrected chi connectivity index (χ2v) is 5.82. The molecule has 90 valence electrons. The van der Waals surface area contributed by atoms with Crippen LogP contribution in [0.25, 0.3) is 0 Å². The zero-order chi connectivity index (χ0) is 11.4.